The highest BCUT2D eigenvalue weighted by molar-refractivity contribution is 8.15. The van der Waals surface area contributed by atoms with E-state index in [1.807, 2.05) is 36.1 Å². The molecule has 2 heterocycles. The molecule has 0 radical (unpaired) electrons. The number of morpholine rings is 1. The van der Waals surface area contributed by atoms with Gasteiger partial charge in [0.25, 0.3) is 5.91 Å². The van der Waals surface area contributed by atoms with Gasteiger partial charge in [0.15, 0.2) is 5.17 Å². The normalized spacial score (nSPS) is 21.3. The lowest BCUT2D eigenvalue weighted by Crippen LogP contribution is -2.39. The van der Waals surface area contributed by atoms with Gasteiger partial charge in [-0.1, -0.05) is 30.0 Å². The van der Waals surface area contributed by atoms with Crippen LogP contribution in [-0.2, 0) is 14.3 Å². The number of anilines is 1. The molecule has 2 aliphatic heterocycles. The molecular weight excluding hydrogens is 314 g/mol. The molecule has 7 heteroatoms. The van der Waals surface area contributed by atoms with Crippen LogP contribution >= 0.6 is 11.8 Å². The number of para-hydroxylation sites is 1. The molecule has 1 unspecified atom stereocenters. The maximum absolute atomic E-state index is 12.2. The van der Waals surface area contributed by atoms with Crippen molar-refractivity contribution >= 4 is 34.4 Å². The first-order valence-corrected chi connectivity index (χ1v) is 8.49. The van der Waals surface area contributed by atoms with E-state index in [2.05, 4.69) is 10.3 Å². The molecule has 2 aliphatic rings. The highest BCUT2D eigenvalue weighted by Crippen LogP contribution is 2.28. The second-order valence-electron chi connectivity index (χ2n) is 5.51. The van der Waals surface area contributed by atoms with Crippen LogP contribution in [-0.4, -0.2) is 53.4 Å². The van der Waals surface area contributed by atoms with Gasteiger partial charge in [0.2, 0.25) is 5.91 Å². The number of hydrogen-bond acceptors (Lipinski definition) is 5. The van der Waals surface area contributed by atoms with Crippen LogP contribution in [0.3, 0.4) is 0 Å². The van der Waals surface area contributed by atoms with Gasteiger partial charge >= 0.3 is 0 Å². The number of carbonyl (C=O) groups excluding carboxylic acids is 2. The molecule has 0 saturated carbocycles. The van der Waals surface area contributed by atoms with Gasteiger partial charge in [0, 0.05) is 25.2 Å². The first-order chi connectivity index (χ1) is 11.1. The van der Waals surface area contributed by atoms with Crippen molar-refractivity contribution in [3.63, 3.8) is 0 Å². The van der Waals surface area contributed by atoms with E-state index in [-0.39, 0.29) is 18.2 Å². The van der Waals surface area contributed by atoms with Gasteiger partial charge in [0.1, 0.15) is 5.25 Å². The number of hydrogen-bond donors (Lipinski definition) is 1. The Bertz CT molecular complexity index is 641. The Labute approximate surface area is 139 Å². The lowest BCUT2D eigenvalue weighted by atomic mass is 10.2. The van der Waals surface area contributed by atoms with Crippen LogP contribution in [0.2, 0.25) is 0 Å². The minimum Gasteiger partial charge on any atom is -0.378 e. The van der Waals surface area contributed by atoms with Crippen molar-refractivity contribution in [3.8, 4) is 0 Å². The van der Waals surface area contributed by atoms with Crippen LogP contribution in [0.25, 0.3) is 0 Å². The van der Waals surface area contributed by atoms with Crippen LogP contribution in [0.5, 0.6) is 0 Å². The number of aliphatic imine (C=N–C) groups is 1. The van der Waals surface area contributed by atoms with E-state index in [9.17, 15) is 9.59 Å². The molecule has 1 saturated heterocycles. The first-order valence-electron chi connectivity index (χ1n) is 7.61. The van der Waals surface area contributed by atoms with Crippen LogP contribution in [0.4, 0.5) is 5.69 Å². The fraction of sp³-hybridized carbons (Fsp3) is 0.438. The van der Waals surface area contributed by atoms with Crippen molar-refractivity contribution in [2.24, 2.45) is 4.99 Å². The standard InChI is InChI=1S/C16H19N3O3S/c1-11-4-2-3-5-12(11)17-14(20)10-13-15(21)18-16(23-13)19-6-8-22-9-7-19/h2-5,13H,6-10H2,1H3,(H,17,20). The summed E-state index contributed by atoms with van der Waals surface area (Å²) < 4.78 is 5.30. The van der Waals surface area contributed by atoms with Gasteiger partial charge in [-0.05, 0) is 18.6 Å². The predicted molar refractivity (Wildman–Crippen MR) is 90.6 cm³/mol. The number of amides is 2. The molecule has 2 amide bonds. The zero-order valence-corrected chi connectivity index (χ0v) is 13.8. The highest BCUT2D eigenvalue weighted by Gasteiger charge is 2.33. The van der Waals surface area contributed by atoms with E-state index in [0.29, 0.717) is 18.4 Å². The SMILES string of the molecule is Cc1ccccc1NC(=O)CC1SC(N2CCOCC2)=NC1=O. The average molecular weight is 333 g/mol. The Morgan fingerprint density at radius 1 is 1.39 bits per heavy atom. The van der Waals surface area contributed by atoms with Crippen LogP contribution < -0.4 is 5.32 Å². The number of ether oxygens (including phenoxy) is 1. The third-order valence-corrected chi connectivity index (χ3v) is 5.01. The second kappa shape index (κ2) is 7.14. The van der Waals surface area contributed by atoms with Crippen molar-refractivity contribution in [3.05, 3.63) is 29.8 Å². The van der Waals surface area contributed by atoms with E-state index >= 15 is 0 Å². The Morgan fingerprint density at radius 3 is 2.87 bits per heavy atom. The van der Waals surface area contributed by atoms with Crippen molar-refractivity contribution in [2.75, 3.05) is 31.6 Å². The number of nitrogens with one attached hydrogen (secondary N) is 1. The Kier molecular flexibility index (Phi) is 4.97. The van der Waals surface area contributed by atoms with Crippen molar-refractivity contribution in [1.29, 1.82) is 0 Å². The minimum absolute atomic E-state index is 0.134. The third kappa shape index (κ3) is 3.92. The maximum atomic E-state index is 12.2. The van der Waals surface area contributed by atoms with Gasteiger partial charge in [-0.3, -0.25) is 9.59 Å². The fourth-order valence-corrected chi connectivity index (χ4v) is 3.60. The van der Waals surface area contributed by atoms with E-state index in [1.54, 1.807) is 0 Å². The smallest absolute Gasteiger partial charge is 0.262 e. The molecule has 0 spiro atoms. The van der Waals surface area contributed by atoms with Crippen LogP contribution in [0.15, 0.2) is 29.3 Å². The molecule has 1 aromatic rings. The topological polar surface area (TPSA) is 71.0 Å². The Balaban J connectivity index is 1.56. The Hall–Kier alpha value is -1.86. The first kappa shape index (κ1) is 16.0. The molecule has 1 aromatic carbocycles. The molecule has 1 fully saturated rings. The highest BCUT2D eigenvalue weighted by atomic mass is 32.2. The molecule has 0 aromatic heterocycles. The molecule has 1 atom stereocenters. The van der Waals surface area contributed by atoms with Gasteiger partial charge in [-0.25, -0.2) is 0 Å². The summed E-state index contributed by atoms with van der Waals surface area (Å²) >= 11 is 1.38. The number of amidine groups is 1. The number of carbonyl (C=O) groups is 2. The molecule has 6 nitrogen and oxygen atoms in total. The number of thioether (sulfide) groups is 1. The zero-order valence-electron chi connectivity index (χ0n) is 12.9. The number of benzene rings is 1. The summed E-state index contributed by atoms with van der Waals surface area (Å²) in [5.74, 6) is -0.389. The molecular formula is C16H19N3O3S. The van der Waals surface area contributed by atoms with Crippen molar-refractivity contribution in [1.82, 2.24) is 4.90 Å². The Morgan fingerprint density at radius 2 is 2.13 bits per heavy atom. The summed E-state index contributed by atoms with van der Waals surface area (Å²) in [4.78, 5) is 30.4. The summed E-state index contributed by atoms with van der Waals surface area (Å²) in [7, 11) is 0. The monoisotopic (exact) mass is 333 g/mol. The minimum atomic E-state index is -0.433. The number of nitrogens with zero attached hydrogens (tertiary/aromatic N) is 2. The lowest BCUT2D eigenvalue weighted by Gasteiger charge is -2.27. The van der Waals surface area contributed by atoms with Gasteiger partial charge in [0.05, 0.1) is 13.2 Å². The summed E-state index contributed by atoms with van der Waals surface area (Å²) in [6.45, 7) is 4.70. The second-order valence-corrected chi connectivity index (χ2v) is 6.68. The van der Waals surface area contributed by atoms with Crippen molar-refractivity contribution in [2.45, 2.75) is 18.6 Å². The van der Waals surface area contributed by atoms with Crippen LogP contribution in [0, 0.1) is 6.92 Å². The lowest BCUT2D eigenvalue weighted by molar-refractivity contribution is -0.121. The van der Waals surface area contributed by atoms with Gasteiger partial charge < -0.3 is 15.0 Å². The quantitative estimate of drug-likeness (QED) is 0.911. The number of aryl methyl sites for hydroxylation is 1. The molecule has 0 aliphatic carbocycles. The largest absolute Gasteiger partial charge is 0.378 e. The van der Waals surface area contributed by atoms with Crippen molar-refractivity contribution < 1.29 is 14.3 Å². The van der Waals surface area contributed by atoms with Crippen LogP contribution in [0.1, 0.15) is 12.0 Å². The molecule has 122 valence electrons. The molecule has 23 heavy (non-hydrogen) atoms. The van der Waals surface area contributed by atoms with E-state index in [4.69, 9.17) is 4.74 Å². The summed E-state index contributed by atoms with van der Waals surface area (Å²) in [6, 6.07) is 7.58. The molecule has 0 bridgehead atoms. The zero-order chi connectivity index (χ0) is 16.2. The summed E-state index contributed by atoms with van der Waals surface area (Å²) in [5.41, 5.74) is 1.78. The average Bonchev–Trinajstić information content (AvgIpc) is 2.91. The van der Waals surface area contributed by atoms with Gasteiger partial charge in [-0.2, -0.15) is 4.99 Å². The predicted octanol–water partition coefficient (Wildman–Crippen LogP) is 1.65. The fourth-order valence-electron chi connectivity index (χ4n) is 2.48. The summed E-state index contributed by atoms with van der Waals surface area (Å²) in [6.07, 6.45) is 0.134. The maximum Gasteiger partial charge on any atom is 0.262 e. The summed E-state index contributed by atoms with van der Waals surface area (Å²) in [5, 5.41) is 3.14. The van der Waals surface area contributed by atoms with E-state index in [0.717, 1.165) is 24.3 Å². The third-order valence-electron chi connectivity index (χ3n) is 3.80. The molecule has 3 rings (SSSR count). The van der Waals surface area contributed by atoms with E-state index < -0.39 is 5.25 Å². The molecule has 1 N–H and O–H groups in total. The number of rotatable bonds is 3. The van der Waals surface area contributed by atoms with E-state index in [1.165, 1.54) is 11.8 Å². The van der Waals surface area contributed by atoms with Gasteiger partial charge in [-0.15, -0.1) is 0 Å².